The number of hydrogen-bond acceptors (Lipinski definition) is 8. The minimum atomic E-state index is -4.67. The lowest BCUT2D eigenvalue weighted by Crippen LogP contribution is -2.48. The second-order valence-corrected chi connectivity index (χ2v) is 9.98. The highest BCUT2D eigenvalue weighted by Crippen LogP contribution is 2.23. The molecule has 0 fully saturated rings. The van der Waals surface area contributed by atoms with Crippen LogP contribution in [0.3, 0.4) is 0 Å². The van der Waals surface area contributed by atoms with Gasteiger partial charge in [-0.2, -0.15) is 12.7 Å². The molecule has 1 amide bonds. The van der Waals surface area contributed by atoms with Gasteiger partial charge in [0.1, 0.15) is 17.1 Å². The fourth-order valence-corrected chi connectivity index (χ4v) is 4.01. The van der Waals surface area contributed by atoms with E-state index in [4.69, 9.17) is 19.0 Å². The molecular weight excluding hydrogens is 464 g/mol. The molecule has 0 unspecified atom stereocenters. The highest BCUT2D eigenvalue weighted by Gasteiger charge is 2.38. The maximum atomic E-state index is 13.6. The normalized spacial score (nSPS) is 11.6. The molecule has 0 saturated carbocycles. The van der Waals surface area contributed by atoms with Gasteiger partial charge in [-0.25, -0.2) is 4.79 Å². The van der Waals surface area contributed by atoms with Gasteiger partial charge in [0.25, 0.3) is 0 Å². The van der Waals surface area contributed by atoms with E-state index in [2.05, 4.69) is 0 Å². The Morgan fingerprint density at radius 3 is 1.65 bits per heavy atom. The second kappa shape index (κ2) is 11.2. The zero-order chi connectivity index (χ0) is 25.5. The predicted octanol–water partition coefficient (Wildman–Crippen LogP) is 3.67. The number of rotatable bonds is 9. The molecule has 0 aliphatic rings. The van der Waals surface area contributed by atoms with Gasteiger partial charge in [0, 0.05) is 6.92 Å². The quantitative estimate of drug-likeness (QED) is 0.486. The number of hydrogen-bond donors (Lipinski definition) is 0. The zero-order valence-electron chi connectivity index (χ0n) is 20.1. The molecule has 10 nitrogen and oxygen atoms in total. The lowest BCUT2D eigenvalue weighted by molar-refractivity contribution is -0.168. The Labute approximate surface area is 200 Å². The van der Waals surface area contributed by atoms with Crippen molar-refractivity contribution in [3.63, 3.8) is 0 Å². The number of methoxy groups -OCH3 is 2. The Morgan fingerprint density at radius 1 is 0.824 bits per heavy atom. The molecule has 186 valence electrons. The summed E-state index contributed by atoms with van der Waals surface area (Å²) in [7, 11) is -1.67. The fraction of sp³-hybridized carbons (Fsp3) is 0.391. The molecule has 0 radical (unpaired) electrons. The van der Waals surface area contributed by atoms with Crippen molar-refractivity contribution in [2.75, 3.05) is 14.2 Å². The molecule has 0 aromatic heterocycles. The van der Waals surface area contributed by atoms with E-state index in [0.29, 0.717) is 31.4 Å². The highest BCUT2D eigenvalue weighted by molar-refractivity contribution is 7.87. The fourth-order valence-electron chi connectivity index (χ4n) is 2.74. The summed E-state index contributed by atoms with van der Waals surface area (Å²) in [4.78, 5) is 29.7. The minimum Gasteiger partial charge on any atom is -0.497 e. The third kappa shape index (κ3) is 7.63. The molecule has 11 heteroatoms. The smallest absolute Gasteiger partial charge is 0.425 e. The molecule has 0 spiro atoms. The van der Waals surface area contributed by atoms with Gasteiger partial charge in [-0.15, -0.1) is 0 Å². The van der Waals surface area contributed by atoms with Crippen LogP contribution in [0.25, 0.3) is 0 Å². The molecule has 34 heavy (non-hydrogen) atoms. The molecule has 0 heterocycles. The van der Waals surface area contributed by atoms with E-state index in [1.807, 2.05) is 0 Å². The first-order valence-electron chi connectivity index (χ1n) is 10.3. The number of nitrogens with zero attached hydrogens (tertiary/aromatic N) is 2. The molecule has 0 saturated heterocycles. The first-order valence-corrected chi connectivity index (χ1v) is 11.7. The SMILES string of the molecule is COc1ccc(CN(OC(C)=O)S(=O)(=O)N(Cc2ccc(OC)cc2)C(=O)OC(C)(C)C)cc1. The van der Waals surface area contributed by atoms with Crippen LogP contribution in [-0.2, 0) is 37.7 Å². The summed E-state index contributed by atoms with van der Waals surface area (Å²) < 4.78 is 43.7. The van der Waals surface area contributed by atoms with Crippen LogP contribution in [0.1, 0.15) is 38.8 Å². The number of carbonyl (C=O) groups excluding carboxylic acids is 2. The molecule has 0 bridgehead atoms. The van der Waals surface area contributed by atoms with E-state index in [1.165, 1.54) is 14.2 Å². The van der Waals surface area contributed by atoms with Crippen molar-refractivity contribution in [2.45, 2.75) is 46.4 Å². The van der Waals surface area contributed by atoms with Crippen LogP contribution in [-0.4, -0.2) is 49.1 Å². The number of ether oxygens (including phenoxy) is 3. The third-order valence-electron chi connectivity index (χ3n) is 4.32. The van der Waals surface area contributed by atoms with Crippen LogP contribution in [0.5, 0.6) is 11.5 Å². The number of carbonyl (C=O) groups is 2. The second-order valence-electron chi connectivity index (χ2n) is 8.23. The van der Waals surface area contributed by atoms with Crippen LogP contribution in [0.4, 0.5) is 4.79 Å². The molecule has 2 aromatic rings. The maximum absolute atomic E-state index is 13.6. The summed E-state index contributed by atoms with van der Waals surface area (Å²) in [6.07, 6.45) is -1.12. The highest BCUT2D eigenvalue weighted by atomic mass is 32.2. The molecular formula is C23H30N2O8S. The van der Waals surface area contributed by atoms with Crippen LogP contribution < -0.4 is 9.47 Å². The molecule has 2 aromatic carbocycles. The summed E-state index contributed by atoms with van der Waals surface area (Å²) in [5, 5.41) is 0. The maximum Gasteiger partial charge on any atom is 0.425 e. The van der Waals surface area contributed by atoms with Crippen molar-refractivity contribution in [3.8, 4) is 11.5 Å². The van der Waals surface area contributed by atoms with Gasteiger partial charge in [0.2, 0.25) is 0 Å². The first kappa shape index (κ1) is 26.9. The Balaban J connectivity index is 2.45. The van der Waals surface area contributed by atoms with Crippen LogP contribution in [0.15, 0.2) is 48.5 Å². The van der Waals surface area contributed by atoms with E-state index < -0.39 is 27.9 Å². The molecule has 0 aliphatic heterocycles. The largest absolute Gasteiger partial charge is 0.497 e. The molecule has 0 atom stereocenters. The monoisotopic (exact) mass is 494 g/mol. The Kier molecular flexibility index (Phi) is 8.88. The van der Waals surface area contributed by atoms with Crippen molar-refractivity contribution in [2.24, 2.45) is 0 Å². The topological polar surface area (TPSA) is 112 Å². The lowest BCUT2D eigenvalue weighted by atomic mass is 10.2. The summed E-state index contributed by atoms with van der Waals surface area (Å²) in [5.41, 5.74) is 0.0224. The standard InChI is InChI=1S/C23H30N2O8S/c1-17(26)33-25(16-19-9-13-21(31-6)14-10-19)34(28,29)24(22(27)32-23(2,3)4)15-18-7-11-20(30-5)12-8-18/h7-14H,15-16H2,1-6H3. The van der Waals surface area contributed by atoms with Gasteiger partial charge in [-0.1, -0.05) is 24.3 Å². The van der Waals surface area contributed by atoms with Crippen molar-refractivity contribution < 1.29 is 37.1 Å². The zero-order valence-corrected chi connectivity index (χ0v) is 20.9. The van der Waals surface area contributed by atoms with Crippen LogP contribution in [0, 0.1) is 0 Å². The van der Waals surface area contributed by atoms with Crippen LogP contribution in [0.2, 0.25) is 0 Å². The molecule has 2 rings (SSSR count). The summed E-state index contributed by atoms with van der Waals surface area (Å²) in [5.74, 6) is 0.266. The van der Waals surface area contributed by atoms with E-state index >= 15 is 0 Å². The van der Waals surface area contributed by atoms with Gasteiger partial charge < -0.3 is 19.0 Å². The van der Waals surface area contributed by atoms with Gasteiger partial charge in [-0.3, -0.25) is 4.79 Å². The average Bonchev–Trinajstić information content (AvgIpc) is 2.76. The first-order chi connectivity index (χ1) is 15.9. The summed E-state index contributed by atoms with van der Waals surface area (Å²) in [6, 6.07) is 13.0. The van der Waals surface area contributed by atoms with E-state index in [1.54, 1.807) is 69.3 Å². The van der Waals surface area contributed by atoms with Gasteiger partial charge >= 0.3 is 22.3 Å². The Bertz CT molecular complexity index is 1080. The van der Waals surface area contributed by atoms with E-state index in [-0.39, 0.29) is 13.1 Å². The van der Waals surface area contributed by atoms with E-state index in [0.717, 1.165) is 6.92 Å². The third-order valence-corrected chi connectivity index (χ3v) is 5.87. The minimum absolute atomic E-state index is 0.339. The number of benzene rings is 2. The van der Waals surface area contributed by atoms with Crippen molar-refractivity contribution >= 4 is 22.3 Å². The van der Waals surface area contributed by atoms with Crippen LogP contribution >= 0.6 is 0 Å². The van der Waals surface area contributed by atoms with Crippen molar-refractivity contribution in [1.82, 2.24) is 8.77 Å². The average molecular weight is 495 g/mol. The van der Waals surface area contributed by atoms with Gasteiger partial charge in [0.15, 0.2) is 0 Å². The number of amides is 1. The van der Waals surface area contributed by atoms with Gasteiger partial charge in [-0.05, 0) is 60.6 Å². The summed E-state index contributed by atoms with van der Waals surface area (Å²) >= 11 is 0. The Morgan fingerprint density at radius 2 is 1.26 bits per heavy atom. The van der Waals surface area contributed by atoms with Gasteiger partial charge in [0.05, 0.1) is 27.3 Å². The number of hydroxylamine groups is 1. The summed E-state index contributed by atoms with van der Waals surface area (Å²) in [6.45, 7) is 5.21. The van der Waals surface area contributed by atoms with Crippen molar-refractivity contribution in [1.29, 1.82) is 0 Å². The van der Waals surface area contributed by atoms with E-state index in [9.17, 15) is 18.0 Å². The lowest BCUT2D eigenvalue weighted by Gasteiger charge is -2.30. The van der Waals surface area contributed by atoms with Crippen molar-refractivity contribution in [3.05, 3.63) is 59.7 Å². The Hall–Kier alpha value is -3.31. The molecule has 0 N–H and O–H groups in total. The molecule has 0 aliphatic carbocycles. The predicted molar refractivity (Wildman–Crippen MR) is 124 cm³/mol.